The zero-order chi connectivity index (χ0) is 10.5. The van der Waals surface area contributed by atoms with Crippen LogP contribution in [0, 0.1) is 11.8 Å². The maximum Gasteiger partial charge on any atom is 0.306 e. The van der Waals surface area contributed by atoms with Crippen molar-refractivity contribution in [1.29, 1.82) is 0 Å². The molecule has 0 aromatic heterocycles. The highest BCUT2D eigenvalue weighted by Gasteiger charge is 2.22. The van der Waals surface area contributed by atoms with Crippen LogP contribution in [-0.4, -0.2) is 12.6 Å². The number of esters is 1. The standard InChI is InChI=1S/C13H20O2/c14-13(9-8-12-6-7-12)15-10-2-5-11-3-1-4-11/h2,5,11-12H,1,3-4,6-10H2. The Hall–Kier alpha value is -0.790. The molecular formula is C13H20O2. The summed E-state index contributed by atoms with van der Waals surface area (Å²) in [5.41, 5.74) is 0. The van der Waals surface area contributed by atoms with E-state index in [-0.39, 0.29) is 5.97 Å². The molecule has 2 nitrogen and oxygen atoms in total. The minimum absolute atomic E-state index is 0.0276. The van der Waals surface area contributed by atoms with E-state index in [1.165, 1.54) is 32.1 Å². The molecule has 0 bridgehead atoms. The summed E-state index contributed by atoms with van der Waals surface area (Å²) in [6.07, 6.45) is 12.4. The van der Waals surface area contributed by atoms with Gasteiger partial charge in [-0.25, -0.2) is 0 Å². The van der Waals surface area contributed by atoms with Crippen LogP contribution in [0.15, 0.2) is 12.2 Å². The molecule has 0 aromatic rings. The maximum absolute atomic E-state index is 11.2. The summed E-state index contributed by atoms with van der Waals surface area (Å²) in [7, 11) is 0. The third-order valence-electron chi connectivity index (χ3n) is 3.35. The summed E-state index contributed by atoms with van der Waals surface area (Å²) in [4.78, 5) is 11.2. The summed E-state index contributed by atoms with van der Waals surface area (Å²) < 4.78 is 5.11. The second-order valence-electron chi connectivity index (χ2n) is 4.78. The van der Waals surface area contributed by atoms with Crippen molar-refractivity contribution in [3.05, 3.63) is 12.2 Å². The first kappa shape index (κ1) is 10.7. The minimum Gasteiger partial charge on any atom is -0.461 e. The van der Waals surface area contributed by atoms with E-state index < -0.39 is 0 Å². The molecule has 0 amide bonds. The molecule has 2 heteroatoms. The first-order valence-electron chi connectivity index (χ1n) is 6.17. The molecule has 0 spiro atoms. The zero-order valence-electron chi connectivity index (χ0n) is 9.28. The van der Waals surface area contributed by atoms with Crippen molar-refractivity contribution in [1.82, 2.24) is 0 Å². The van der Waals surface area contributed by atoms with Crippen LogP contribution in [-0.2, 0) is 9.53 Å². The predicted molar refractivity (Wildman–Crippen MR) is 59.4 cm³/mol. The van der Waals surface area contributed by atoms with Gasteiger partial charge in [0.25, 0.3) is 0 Å². The summed E-state index contributed by atoms with van der Waals surface area (Å²) in [5.74, 6) is 1.55. The van der Waals surface area contributed by atoms with Gasteiger partial charge < -0.3 is 4.74 Å². The number of ether oxygens (including phenoxy) is 1. The van der Waals surface area contributed by atoms with Gasteiger partial charge in [0.1, 0.15) is 6.61 Å². The lowest BCUT2D eigenvalue weighted by Crippen LogP contribution is -2.08. The van der Waals surface area contributed by atoms with Gasteiger partial charge in [0.2, 0.25) is 0 Å². The number of hydrogen-bond donors (Lipinski definition) is 0. The Kier molecular flexibility index (Phi) is 3.81. The molecule has 0 N–H and O–H groups in total. The molecule has 0 radical (unpaired) electrons. The van der Waals surface area contributed by atoms with Gasteiger partial charge in [-0.15, -0.1) is 0 Å². The lowest BCUT2D eigenvalue weighted by atomic mass is 9.85. The van der Waals surface area contributed by atoms with E-state index >= 15 is 0 Å². The maximum atomic E-state index is 11.2. The van der Waals surface area contributed by atoms with Crippen LogP contribution in [0.1, 0.15) is 44.9 Å². The van der Waals surface area contributed by atoms with Crippen LogP contribution in [0.25, 0.3) is 0 Å². The average molecular weight is 208 g/mol. The average Bonchev–Trinajstić information content (AvgIpc) is 2.95. The van der Waals surface area contributed by atoms with Crippen molar-refractivity contribution in [3.63, 3.8) is 0 Å². The summed E-state index contributed by atoms with van der Waals surface area (Å²) in [6.45, 7) is 0.472. The molecule has 0 atom stereocenters. The smallest absolute Gasteiger partial charge is 0.306 e. The van der Waals surface area contributed by atoms with E-state index in [1.807, 2.05) is 6.08 Å². The summed E-state index contributed by atoms with van der Waals surface area (Å²) >= 11 is 0. The van der Waals surface area contributed by atoms with Gasteiger partial charge in [-0.1, -0.05) is 31.4 Å². The molecule has 2 rings (SSSR count). The van der Waals surface area contributed by atoms with Crippen molar-refractivity contribution in [2.24, 2.45) is 11.8 Å². The van der Waals surface area contributed by atoms with Gasteiger partial charge in [0.05, 0.1) is 0 Å². The number of rotatable bonds is 6. The van der Waals surface area contributed by atoms with Crippen molar-refractivity contribution in [2.75, 3.05) is 6.61 Å². The molecule has 15 heavy (non-hydrogen) atoms. The number of hydrogen-bond acceptors (Lipinski definition) is 2. The molecule has 0 aromatic carbocycles. The van der Waals surface area contributed by atoms with E-state index in [0.29, 0.717) is 13.0 Å². The normalized spacial score (nSPS) is 21.6. The van der Waals surface area contributed by atoms with Crippen LogP contribution in [0.5, 0.6) is 0 Å². The molecule has 84 valence electrons. The molecule has 0 aliphatic heterocycles. The quantitative estimate of drug-likeness (QED) is 0.495. The molecular weight excluding hydrogens is 188 g/mol. The van der Waals surface area contributed by atoms with Crippen molar-refractivity contribution < 1.29 is 9.53 Å². The SMILES string of the molecule is O=C(CCC1CC1)OCC=CC1CCC1. The van der Waals surface area contributed by atoms with E-state index in [0.717, 1.165) is 18.3 Å². The van der Waals surface area contributed by atoms with E-state index in [2.05, 4.69) is 6.08 Å². The van der Waals surface area contributed by atoms with Gasteiger partial charge in [0, 0.05) is 6.42 Å². The van der Waals surface area contributed by atoms with Gasteiger partial charge in [0.15, 0.2) is 0 Å². The molecule has 2 saturated carbocycles. The summed E-state index contributed by atoms with van der Waals surface area (Å²) in [6, 6.07) is 0. The Morgan fingerprint density at radius 1 is 1.27 bits per heavy atom. The fourth-order valence-corrected chi connectivity index (χ4v) is 1.82. The highest BCUT2D eigenvalue weighted by Crippen LogP contribution is 2.33. The molecule has 0 unspecified atom stereocenters. The largest absolute Gasteiger partial charge is 0.461 e. The third kappa shape index (κ3) is 4.06. The molecule has 0 saturated heterocycles. The van der Waals surface area contributed by atoms with Crippen LogP contribution in [0.2, 0.25) is 0 Å². The number of carbonyl (C=O) groups is 1. The Morgan fingerprint density at radius 2 is 2.07 bits per heavy atom. The highest BCUT2D eigenvalue weighted by molar-refractivity contribution is 5.69. The van der Waals surface area contributed by atoms with E-state index in [1.54, 1.807) is 0 Å². The molecule has 2 aliphatic rings. The molecule has 2 aliphatic carbocycles. The minimum atomic E-state index is -0.0276. The van der Waals surface area contributed by atoms with Gasteiger partial charge in [-0.2, -0.15) is 0 Å². The lowest BCUT2D eigenvalue weighted by Gasteiger charge is -2.21. The zero-order valence-corrected chi connectivity index (χ0v) is 9.28. The topological polar surface area (TPSA) is 26.3 Å². The van der Waals surface area contributed by atoms with Crippen LogP contribution >= 0.6 is 0 Å². The predicted octanol–water partition coefficient (Wildman–Crippen LogP) is 3.08. The van der Waals surface area contributed by atoms with Crippen molar-refractivity contribution in [3.8, 4) is 0 Å². The van der Waals surface area contributed by atoms with Gasteiger partial charge >= 0.3 is 5.97 Å². The second kappa shape index (κ2) is 5.34. The Morgan fingerprint density at radius 3 is 2.67 bits per heavy atom. The fourth-order valence-electron chi connectivity index (χ4n) is 1.82. The Balaban J connectivity index is 1.48. The van der Waals surface area contributed by atoms with Crippen LogP contribution in [0.4, 0.5) is 0 Å². The molecule has 0 heterocycles. The number of allylic oxidation sites excluding steroid dienone is 1. The highest BCUT2D eigenvalue weighted by atomic mass is 16.5. The fraction of sp³-hybridized carbons (Fsp3) is 0.769. The first-order valence-corrected chi connectivity index (χ1v) is 6.17. The third-order valence-corrected chi connectivity index (χ3v) is 3.35. The second-order valence-corrected chi connectivity index (χ2v) is 4.78. The van der Waals surface area contributed by atoms with Crippen LogP contribution < -0.4 is 0 Å². The van der Waals surface area contributed by atoms with Crippen molar-refractivity contribution in [2.45, 2.75) is 44.9 Å². The first-order chi connectivity index (χ1) is 7.34. The Bertz CT molecular complexity index is 237. The molecule has 2 fully saturated rings. The van der Waals surface area contributed by atoms with Gasteiger partial charge in [-0.3, -0.25) is 4.79 Å². The monoisotopic (exact) mass is 208 g/mol. The van der Waals surface area contributed by atoms with E-state index in [4.69, 9.17) is 4.74 Å². The summed E-state index contributed by atoms with van der Waals surface area (Å²) in [5, 5.41) is 0. The van der Waals surface area contributed by atoms with Crippen molar-refractivity contribution >= 4 is 5.97 Å². The number of carbonyl (C=O) groups excluding carboxylic acids is 1. The van der Waals surface area contributed by atoms with Crippen LogP contribution in [0.3, 0.4) is 0 Å². The Labute approximate surface area is 91.7 Å². The lowest BCUT2D eigenvalue weighted by molar-refractivity contribution is -0.142. The van der Waals surface area contributed by atoms with Gasteiger partial charge in [-0.05, 0) is 31.1 Å². The van der Waals surface area contributed by atoms with E-state index in [9.17, 15) is 4.79 Å².